The molecule has 1 aliphatic rings. The number of esters is 5. The maximum Gasteiger partial charge on any atom is 0.316 e. The number of carboxylic acid groups (broad SMARTS) is 3. The summed E-state index contributed by atoms with van der Waals surface area (Å²) in [6.45, 7) is 46.4. The average Bonchev–Trinajstić information content (AvgIpc) is 1.80. The van der Waals surface area contributed by atoms with Gasteiger partial charge in [0.15, 0.2) is 18.9 Å². The van der Waals surface area contributed by atoms with Gasteiger partial charge in [0, 0.05) is 73.1 Å². The molecule has 0 saturated carbocycles. The van der Waals surface area contributed by atoms with Crippen LogP contribution < -0.4 is 0 Å². The van der Waals surface area contributed by atoms with Crippen molar-refractivity contribution in [1.29, 1.82) is 0 Å². The van der Waals surface area contributed by atoms with Crippen LogP contribution in [-0.2, 0) is 71.5 Å². The van der Waals surface area contributed by atoms with Crippen LogP contribution in [0.25, 0.3) is 0 Å². The molecule has 1 saturated heterocycles. The summed E-state index contributed by atoms with van der Waals surface area (Å²) in [7, 11) is 0. The van der Waals surface area contributed by atoms with Crippen LogP contribution in [0.3, 0.4) is 0 Å². The van der Waals surface area contributed by atoms with Gasteiger partial charge in [0.1, 0.15) is 0 Å². The Bertz CT molecular complexity index is 1440. The van der Waals surface area contributed by atoms with E-state index in [1.807, 2.05) is 55.4 Å². The van der Waals surface area contributed by atoms with Gasteiger partial charge < -0.3 is 74.0 Å². The van der Waals surface area contributed by atoms with Crippen molar-refractivity contribution in [2.24, 2.45) is 5.92 Å². The molecule has 1 rings (SSSR count). The number of hydrogen-bond acceptors (Lipinski definition) is 24. The van der Waals surface area contributed by atoms with E-state index in [9.17, 15) is 38.4 Å². The molecule has 1 heterocycles. The predicted molar refractivity (Wildman–Crippen MR) is 411 cm³/mol. The number of aliphatic carboxylic acids is 3. The van der Waals surface area contributed by atoms with Gasteiger partial charge in [-0.25, -0.2) is 0 Å². The molecule has 0 amide bonds. The summed E-state index contributed by atoms with van der Waals surface area (Å²) in [5.74, 6) is -0.0351. The fraction of sp³-hybridized carbons (Fsp3) is 0.886. The van der Waals surface area contributed by atoms with Gasteiger partial charge in [-0.1, -0.05) is 141 Å². The molecule has 0 aliphatic carbocycles. The summed E-state index contributed by atoms with van der Waals surface area (Å²) in [5.41, 5.74) is 0. The average molecular weight is 1490 g/mol. The Hall–Kier alpha value is -2.96. The zero-order chi connectivity index (χ0) is 79.7. The highest BCUT2D eigenvalue weighted by Crippen LogP contribution is 2.13. The lowest BCUT2D eigenvalue weighted by molar-refractivity contribution is -0.179. The number of thiol groups is 4. The minimum Gasteiger partial charge on any atom is -0.481 e. The van der Waals surface area contributed by atoms with Crippen LogP contribution in [0.2, 0.25) is 0 Å². The third-order valence-electron chi connectivity index (χ3n) is 8.90. The van der Waals surface area contributed by atoms with Gasteiger partial charge in [-0.05, 0) is 143 Å². The van der Waals surface area contributed by atoms with E-state index in [0.29, 0.717) is 45.9 Å². The van der Waals surface area contributed by atoms with E-state index >= 15 is 0 Å². The van der Waals surface area contributed by atoms with E-state index in [1.54, 1.807) is 48.5 Å². The normalized spacial score (nSPS) is 11.6. The molecule has 5 unspecified atom stereocenters. The first-order valence-electron chi connectivity index (χ1n) is 34.8. The molecule has 0 aromatic rings. The number of unbranched alkanes of at least 4 members (excludes halogenated alkanes) is 8. The first-order chi connectivity index (χ1) is 45.4. The van der Waals surface area contributed by atoms with Crippen molar-refractivity contribution >= 4 is 98.3 Å². The van der Waals surface area contributed by atoms with Crippen molar-refractivity contribution < 1.29 is 112 Å². The van der Waals surface area contributed by atoms with Gasteiger partial charge in [0.05, 0.1) is 31.2 Å². The molecule has 596 valence electrons. The second-order valence-corrected chi connectivity index (χ2v) is 22.0. The quantitative estimate of drug-likeness (QED) is 0.00793. The molecule has 5 atom stereocenters. The van der Waals surface area contributed by atoms with E-state index in [2.05, 4.69) is 102 Å². The highest BCUT2D eigenvalue weighted by molar-refractivity contribution is 7.80. The van der Waals surface area contributed by atoms with Gasteiger partial charge in [-0.3, -0.25) is 38.4 Å². The topological polar surface area (TPSA) is 363 Å². The molecular formula is C70H154O23S4. The number of aliphatic hydroxyl groups excluding tert-OH is 5. The Labute approximate surface area is 614 Å². The second-order valence-electron chi connectivity index (χ2n) is 20.0. The number of cyclic esters (lactones) is 2. The fourth-order valence-electron chi connectivity index (χ4n) is 3.98. The van der Waals surface area contributed by atoms with Crippen LogP contribution in [0.15, 0.2) is 0 Å². The highest BCUT2D eigenvalue weighted by atomic mass is 32.1. The minimum absolute atomic E-state index is 0.0920. The third-order valence-corrected chi connectivity index (χ3v) is 9.98. The molecule has 0 spiro atoms. The van der Waals surface area contributed by atoms with Crippen LogP contribution in [0, 0.1) is 5.92 Å². The lowest BCUT2D eigenvalue weighted by Gasteiger charge is -2.14. The lowest BCUT2D eigenvalue weighted by atomic mass is 10.1. The Morgan fingerprint density at radius 3 is 0.959 bits per heavy atom. The van der Waals surface area contributed by atoms with Crippen molar-refractivity contribution in [3.05, 3.63) is 0 Å². The van der Waals surface area contributed by atoms with Gasteiger partial charge in [-0.15, -0.1) is 0 Å². The SMILES string of the molecule is CC(=O)OC(C)OC(C)C.CC1CC(=O)OC1=O.CCC(=O)O.CCC(C)O.CCCC(=O)O.CCCCC(=O)O.CCCCCO.CCCCCS.CCCCO.CCCCOC(C)OC(C)=O.CCCCS.CCCO.CCCS.CCO.CCOC(C)OC(C)=O.CCS. The summed E-state index contributed by atoms with van der Waals surface area (Å²) < 4.78 is 33.4. The number of ether oxygens (including phenoxy) is 7. The minimum atomic E-state index is -0.745. The maximum atomic E-state index is 10.4. The van der Waals surface area contributed by atoms with Gasteiger partial charge in [-0.2, -0.15) is 50.5 Å². The summed E-state index contributed by atoms with van der Waals surface area (Å²) in [5, 5.41) is 63.7. The second kappa shape index (κ2) is 129. The molecule has 0 aromatic heterocycles. The van der Waals surface area contributed by atoms with Crippen molar-refractivity contribution in [2.75, 3.05) is 62.7 Å². The molecule has 0 aromatic carbocycles. The fourth-order valence-corrected chi connectivity index (χ4v) is 4.52. The zero-order valence-corrected chi connectivity index (χ0v) is 69.2. The third kappa shape index (κ3) is 246. The summed E-state index contributed by atoms with van der Waals surface area (Å²) >= 11 is 15.8. The van der Waals surface area contributed by atoms with E-state index in [0.717, 1.165) is 93.6 Å². The van der Waals surface area contributed by atoms with Crippen molar-refractivity contribution in [3.8, 4) is 0 Å². The molecule has 1 aliphatic heterocycles. The maximum absolute atomic E-state index is 10.4. The number of rotatable bonds is 30. The smallest absolute Gasteiger partial charge is 0.316 e. The van der Waals surface area contributed by atoms with Crippen LogP contribution in [0.4, 0.5) is 0 Å². The molecular weight excluding hydrogens is 1340 g/mol. The number of hydrogen-bond donors (Lipinski definition) is 12. The van der Waals surface area contributed by atoms with Crippen LogP contribution in [-0.4, -0.2) is 182 Å². The summed E-state index contributed by atoms with van der Waals surface area (Å²) in [4.78, 5) is 80.2. The summed E-state index contributed by atoms with van der Waals surface area (Å²) in [6, 6.07) is 0. The zero-order valence-electron chi connectivity index (χ0n) is 65.6. The lowest BCUT2D eigenvalue weighted by Crippen LogP contribution is -2.19. The first-order valence-corrected chi connectivity index (χ1v) is 37.3. The number of carbonyl (C=O) groups excluding carboxylic acids is 5. The van der Waals surface area contributed by atoms with Crippen molar-refractivity contribution in [2.45, 2.75) is 339 Å². The molecule has 27 heteroatoms. The van der Waals surface area contributed by atoms with E-state index in [1.165, 1.54) is 65.7 Å². The van der Waals surface area contributed by atoms with E-state index < -0.39 is 48.7 Å². The predicted octanol–water partition coefficient (Wildman–Crippen LogP) is 15.9. The van der Waals surface area contributed by atoms with Crippen molar-refractivity contribution in [3.63, 3.8) is 0 Å². The van der Waals surface area contributed by atoms with E-state index in [4.69, 9.17) is 64.5 Å². The summed E-state index contributed by atoms with van der Waals surface area (Å²) in [6.07, 6.45) is 19.1. The molecule has 0 radical (unpaired) electrons. The van der Waals surface area contributed by atoms with E-state index in [-0.39, 0.29) is 55.5 Å². The van der Waals surface area contributed by atoms with Gasteiger partial charge in [0.2, 0.25) is 0 Å². The molecule has 1 fully saturated rings. The monoisotopic (exact) mass is 1490 g/mol. The van der Waals surface area contributed by atoms with Crippen LogP contribution >= 0.6 is 50.5 Å². The Morgan fingerprint density at radius 2 is 0.814 bits per heavy atom. The molecule has 8 N–H and O–H groups in total. The highest BCUT2D eigenvalue weighted by Gasteiger charge is 2.28. The Balaban J connectivity index is -0.0000000576. The van der Waals surface area contributed by atoms with Gasteiger partial charge >= 0.3 is 47.8 Å². The molecule has 23 nitrogen and oxygen atoms in total. The Kier molecular flexibility index (Phi) is 174. The molecule has 97 heavy (non-hydrogen) atoms. The molecule has 0 bridgehead atoms. The van der Waals surface area contributed by atoms with Gasteiger partial charge in [0.25, 0.3) is 0 Å². The Morgan fingerprint density at radius 1 is 0.474 bits per heavy atom. The number of carbonyl (C=O) groups is 8. The number of aliphatic hydroxyl groups is 5. The largest absolute Gasteiger partial charge is 0.481 e. The van der Waals surface area contributed by atoms with Crippen LogP contribution in [0.1, 0.15) is 307 Å². The first kappa shape index (κ1) is 130. The number of carboxylic acids is 3. The van der Waals surface area contributed by atoms with Crippen molar-refractivity contribution in [1.82, 2.24) is 0 Å². The standard InChI is InChI=1S/C8H16O3.C7H14O3.C6H12O3.C5H6O3.C5H10O2.C5H12O.C5H12S.C4H8O2.2C4H10O.C4H10S.C3H6O2.C3H8O.C3H8S.C2H6O.C2H6S/c1-4-5-6-10-8(3)11-7(2)9;1-5(2)9-7(4)10-6(3)8;1-4-8-6(3)9-5(2)7;1-3-2-4(6)8-5(3)7;1-2-3-4-5(6)7;2*1-2-3-4-5-6;1-2-3-4(5)6;1-3-4(2)5;2*1-2-3-4-5;1-2-3(4)5;2*1-2-3-4;2*1-2-3/h8H,4-6H2,1-3H3;5,7H,1-4H3;6H,4H2,1-3H3;3H,2H2,1H3;2-4H2,1H3,(H,6,7);2*6H,2-5H2,1H3;2-3H2,1H3,(H,5,6);4-5H,3H2,1-2H3;2*5H,2-4H2,1H3;2H2,1H3,(H,4,5);2*4H,2-3H2,1H3;2*3H,2H2,1H3. The van der Waals surface area contributed by atoms with Crippen LogP contribution in [0.5, 0.6) is 0 Å².